The molecule has 0 spiro atoms. The number of nitrogens with one attached hydrogen (secondary N) is 1. The van der Waals surface area contributed by atoms with Gasteiger partial charge in [0.15, 0.2) is 0 Å². The highest BCUT2D eigenvalue weighted by Crippen LogP contribution is 2.12. The molecule has 0 saturated heterocycles. The molecule has 0 aromatic heterocycles. The van der Waals surface area contributed by atoms with Gasteiger partial charge in [-0.15, -0.1) is 0 Å². The Morgan fingerprint density at radius 2 is 1.77 bits per heavy atom. The van der Waals surface area contributed by atoms with Crippen LogP contribution in [0.2, 0.25) is 0 Å². The van der Waals surface area contributed by atoms with Gasteiger partial charge in [-0.1, -0.05) is 73.8 Å². The van der Waals surface area contributed by atoms with Crippen molar-refractivity contribution < 1.29 is 0 Å². The van der Waals surface area contributed by atoms with E-state index < -0.39 is 0 Å². The molecule has 0 saturated carbocycles. The molecule has 2 heteroatoms. The average molecular weight is 307 g/mol. The SMILES string of the molecule is CCCCC#Cc1ccccc1CC(=S)Nc1ccccc1. The maximum Gasteiger partial charge on any atom is 0.0842 e. The first-order valence-electron chi connectivity index (χ1n) is 7.71. The van der Waals surface area contributed by atoms with Crippen molar-refractivity contribution in [1.29, 1.82) is 0 Å². The standard InChI is InChI=1S/C20H21NS/c1-2-3-4-6-11-17-12-9-10-13-18(17)16-20(22)21-19-14-7-5-8-15-19/h5,7-10,12-15H,2-4,16H2,1H3,(H,21,22). The first-order chi connectivity index (χ1) is 10.8. The van der Waals surface area contributed by atoms with Crippen LogP contribution < -0.4 is 5.32 Å². The minimum Gasteiger partial charge on any atom is -0.350 e. The minimum atomic E-state index is 0.711. The second kappa shape index (κ2) is 9.02. The van der Waals surface area contributed by atoms with E-state index in [1.165, 1.54) is 12.0 Å². The van der Waals surface area contributed by atoms with Gasteiger partial charge in [-0.3, -0.25) is 0 Å². The van der Waals surface area contributed by atoms with Crippen LogP contribution in [0.3, 0.4) is 0 Å². The van der Waals surface area contributed by atoms with E-state index in [4.69, 9.17) is 12.2 Å². The lowest BCUT2D eigenvalue weighted by Crippen LogP contribution is -2.12. The summed E-state index contributed by atoms with van der Waals surface area (Å²) in [5, 5.41) is 3.28. The molecule has 22 heavy (non-hydrogen) atoms. The second-order valence-electron chi connectivity index (χ2n) is 5.15. The van der Waals surface area contributed by atoms with Gasteiger partial charge in [-0.25, -0.2) is 0 Å². The molecule has 2 aromatic rings. The van der Waals surface area contributed by atoms with Crippen molar-refractivity contribution in [3.63, 3.8) is 0 Å². The quantitative estimate of drug-likeness (QED) is 0.462. The van der Waals surface area contributed by atoms with Gasteiger partial charge in [0.2, 0.25) is 0 Å². The molecule has 2 rings (SSSR count). The smallest absolute Gasteiger partial charge is 0.0842 e. The van der Waals surface area contributed by atoms with Crippen LogP contribution in [0.1, 0.15) is 37.3 Å². The Hall–Kier alpha value is -2.11. The summed E-state index contributed by atoms with van der Waals surface area (Å²) in [6, 6.07) is 18.3. The van der Waals surface area contributed by atoms with Crippen LogP contribution in [0.15, 0.2) is 54.6 Å². The summed E-state index contributed by atoms with van der Waals surface area (Å²) in [5.41, 5.74) is 3.29. The van der Waals surface area contributed by atoms with Crippen molar-refractivity contribution in [2.24, 2.45) is 0 Å². The van der Waals surface area contributed by atoms with Gasteiger partial charge in [0.25, 0.3) is 0 Å². The number of thiocarbonyl (C=S) groups is 1. The summed E-state index contributed by atoms with van der Waals surface area (Å²) in [6.07, 6.45) is 4.00. The summed E-state index contributed by atoms with van der Waals surface area (Å²) in [4.78, 5) is 0.814. The Labute approximate surface area is 138 Å². The zero-order valence-electron chi connectivity index (χ0n) is 12.9. The van der Waals surface area contributed by atoms with E-state index in [0.717, 1.165) is 29.1 Å². The molecule has 112 valence electrons. The van der Waals surface area contributed by atoms with Crippen molar-refractivity contribution in [3.05, 3.63) is 65.7 Å². The van der Waals surface area contributed by atoms with Crippen LogP contribution >= 0.6 is 12.2 Å². The highest BCUT2D eigenvalue weighted by Gasteiger charge is 2.03. The number of unbranched alkanes of at least 4 members (excludes halogenated alkanes) is 2. The summed E-state index contributed by atoms with van der Waals surface area (Å²) < 4.78 is 0. The molecular formula is C20H21NS. The van der Waals surface area contributed by atoms with E-state index in [1.807, 2.05) is 42.5 Å². The molecule has 1 nitrogen and oxygen atoms in total. The molecule has 0 amide bonds. The Balaban J connectivity index is 2.02. The van der Waals surface area contributed by atoms with Crippen LogP contribution in [0, 0.1) is 11.8 Å². The predicted octanol–water partition coefficient (Wildman–Crippen LogP) is 5.21. The molecule has 2 aromatic carbocycles. The molecule has 0 atom stereocenters. The lowest BCUT2D eigenvalue weighted by Gasteiger charge is -2.09. The minimum absolute atomic E-state index is 0.711. The van der Waals surface area contributed by atoms with Gasteiger partial charge in [0, 0.05) is 24.1 Å². The third-order valence-electron chi connectivity index (χ3n) is 3.30. The van der Waals surface area contributed by atoms with E-state index in [0.29, 0.717) is 6.42 Å². The first-order valence-corrected chi connectivity index (χ1v) is 8.12. The molecule has 0 bridgehead atoms. The topological polar surface area (TPSA) is 12.0 Å². The fraction of sp³-hybridized carbons (Fsp3) is 0.250. The largest absolute Gasteiger partial charge is 0.350 e. The molecule has 0 heterocycles. The monoisotopic (exact) mass is 307 g/mol. The van der Waals surface area contributed by atoms with Gasteiger partial charge in [0.05, 0.1) is 4.99 Å². The summed E-state index contributed by atoms with van der Waals surface area (Å²) >= 11 is 5.47. The van der Waals surface area contributed by atoms with Crippen LogP contribution in [-0.4, -0.2) is 4.99 Å². The van der Waals surface area contributed by atoms with Crippen molar-refractivity contribution >= 4 is 22.9 Å². The van der Waals surface area contributed by atoms with Crippen LogP contribution in [0.4, 0.5) is 5.69 Å². The van der Waals surface area contributed by atoms with E-state index in [-0.39, 0.29) is 0 Å². The maximum absolute atomic E-state index is 5.47. The third-order valence-corrected chi connectivity index (χ3v) is 3.55. The van der Waals surface area contributed by atoms with Crippen molar-refractivity contribution in [1.82, 2.24) is 0 Å². The summed E-state index contributed by atoms with van der Waals surface area (Å²) in [5.74, 6) is 6.53. The zero-order chi connectivity index (χ0) is 15.6. The zero-order valence-corrected chi connectivity index (χ0v) is 13.7. The molecule has 0 aliphatic heterocycles. The van der Waals surface area contributed by atoms with Gasteiger partial charge in [-0.05, 0) is 30.2 Å². The van der Waals surface area contributed by atoms with E-state index in [2.05, 4.69) is 36.2 Å². The Kier molecular flexibility index (Phi) is 6.67. The highest BCUT2D eigenvalue weighted by atomic mass is 32.1. The Bertz CT molecular complexity index is 665. The number of hydrogen-bond acceptors (Lipinski definition) is 1. The van der Waals surface area contributed by atoms with Crippen molar-refractivity contribution in [2.45, 2.75) is 32.6 Å². The van der Waals surface area contributed by atoms with Crippen LogP contribution in [0.25, 0.3) is 0 Å². The van der Waals surface area contributed by atoms with E-state index in [1.54, 1.807) is 0 Å². The van der Waals surface area contributed by atoms with Crippen LogP contribution in [-0.2, 0) is 6.42 Å². The number of benzene rings is 2. The molecular weight excluding hydrogens is 286 g/mol. The maximum atomic E-state index is 5.47. The lowest BCUT2D eigenvalue weighted by molar-refractivity contribution is 0.828. The fourth-order valence-electron chi connectivity index (χ4n) is 2.12. The molecule has 0 radical (unpaired) electrons. The van der Waals surface area contributed by atoms with Crippen LogP contribution in [0.5, 0.6) is 0 Å². The number of rotatable bonds is 5. The Morgan fingerprint density at radius 1 is 1.05 bits per heavy atom. The molecule has 0 aliphatic carbocycles. The third kappa shape index (κ3) is 5.35. The lowest BCUT2D eigenvalue weighted by atomic mass is 10.0. The Morgan fingerprint density at radius 3 is 2.55 bits per heavy atom. The first kappa shape index (κ1) is 16.3. The van der Waals surface area contributed by atoms with Gasteiger partial charge in [-0.2, -0.15) is 0 Å². The van der Waals surface area contributed by atoms with Gasteiger partial charge < -0.3 is 5.32 Å². The summed E-state index contributed by atoms with van der Waals surface area (Å²) in [7, 11) is 0. The van der Waals surface area contributed by atoms with E-state index in [9.17, 15) is 0 Å². The number of hydrogen-bond donors (Lipinski definition) is 1. The van der Waals surface area contributed by atoms with Gasteiger partial charge >= 0.3 is 0 Å². The summed E-state index contributed by atoms with van der Waals surface area (Å²) in [6.45, 7) is 2.18. The predicted molar refractivity (Wildman–Crippen MR) is 99.2 cm³/mol. The van der Waals surface area contributed by atoms with Gasteiger partial charge in [0.1, 0.15) is 0 Å². The fourth-order valence-corrected chi connectivity index (χ4v) is 2.39. The average Bonchev–Trinajstić information content (AvgIpc) is 2.54. The molecule has 0 unspecified atom stereocenters. The molecule has 0 fully saturated rings. The highest BCUT2D eigenvalue weighted by molar-refractivity contribution is 7.80. The van der Waals surface area contributed by atoms with Crippen molar-refractivity contribution in [2.75, 3.05) is 5.32 Å². The van der Waals surface area contributed by atoms with E-state index >= 15 is 0 Å². The number of anilines is 1. The van der Waals surface area contributed by atoms with Crippen molar-refractivity contribution in [3.8, 4) is 11.8 Å². The second-order valence-corrected chi connectivity index (χ2v) is 5.65. The number of para-hydroxylation sites is 1. The molecule has 1 N–H and O–H groups in total. The normalized spacial score (nSPS) is 9.68. The molecule has 0 aliphatic rings.